The van der Waals surface area contributed by atoms with Crippen molar-refractivity contribution in [2.75, 3.05) is 20.8 Å². The third kappa shape index (κ3) is 4.42. The molecule has 162 valence electrons. The van der Waals surface area contributed by atoms with Gasteiger partial charge in [0.2, 0.25) is 11.8 Å². The summed E-state index contributed by atoms with van der Waals surface area (Å²) in [5, 5.41) is 8.26. The molecule has 1 aliphatic rings. The molecule has 3 aromatic rings. The predicted molar refractivity (Wildman–Crippen MR) is 111 cm³/mol. The van der Waals surface area contributed by atoms with E-state index in [0.29, 0.717) is 35.4 Å². The van der Waals surface area contributed by atoms with Crippen LogP contribution in [0.25, 0.3) is 5.82 Å². The number of piperidine rings is 1. The first-order valence-electron chi connectivity index (χ1n) is 9.98. The summed E-state index contributed by atoms with van der Waals surface area (Å²) in [4.78, 5) is 25.3. The Hall–Kier alpha value is -3.69. The molecule has 0 saturated carbocycles. The Kier molecular flexibility index (Phi) is 5.96. The number of nitrogens with zero attached hydrogens (tertiary/aromatic N) is 6. The van der Waals surface area contributed by atoms with Crippen LogP contribution in [-0.4, -0.2) is 68.7 Å². The van der Waals surface area contributed by atoms with E-state index in [1.54, 1.807) is 42.5 Å². The fourth-order valence-electron chi connectivity index (χ4n) is 3.55. The fourth-order valence-corrected chi connectivity index (χ4v) is 3.55. The number of aromatic nitrogens is 5. The number of pyridine rings is 2. The minimum absolute atomic E-state index is 0.0474. The lowest BCUT2D eigenvalue weighted by atomic mass is 10.00. The maximum Gasteiger partial charge on any atom is 0.258 e. The van der Waals surface area contributed by atoms with Gasteiger partial charge in [-0.15, -0.1) is 4.80 Å². The minimum Gasteiger partial charge on any atom is -0.497 e. The highest BCUT2D eigenvalue weighted by Crippen LogP contribution is 2.26. The van der Waals surface area contributed by atoms with Crippen LogP contribution in [0.1, 0.15) is 30.1 Å². The van der Waals surface area contributed by atoms with Crippen LogP contribution in [0.3, 0.4) is 0 Å². The average Bonchev–Trinajstić information content (AvgIpc) is 3.34. The summed E-state index contributed by atoms with van der Waals surface area (Å²) < 4.78 is 16.5. The van der Waals surface area contributed by atoms with Crippen molar-refractivity contribution in [2.45, 2.75) is 31.9 Å². The number of carbonyl (C=O) groups is 1. The molecule has 0 radical (unpaired) electrons. The van der Waals surface area contributed by atoms with Gasteiger partial charge in [0.05, 0.1) is 38.7 Å². The molecule has 0 spiro atoms. The maximum atomic E-state index is 13.5. The molecule has 0 unspecified atom stereocenters. The van der Waals surface area contributed by atoms with Crippen LogP contribution in [0.4, 0.5) is 0 Å². The molecule has 10 heteroatoms. The van der Waals surface area contributed by atoms with Gasteiger partial charge in [0.15, 0.2) is 5.82 Å². The first-order valence-corrected chi connectivity index (χ1v) is 9.98. The highest BCUT2D eigenvalue weighted by atomic mass is 16.5. The van der Waals surface area contributed by atoms with Gasteiger partial charge in [-0.2, -0.15) is 15.2 Å². The van der Waals surface area contributed by atoms with Gasteiger partial charge >= 0.3 is 0 Å². The van der Waals surface area contributed by atoms with Crippen LogP contribution in [0.5, 0.6) is 17.5 Å². The molecule has 0 N–H and O–H groups in total. The van der Waals surface area contributed by atoms with Gasteiger partial charge in [0.25, 0.3) is 5.91 Å². The Morgan fingerprint density at radius 3 is 2.58 bits per heavy atom. The van der Waals surface area contributed by atoms with E-state index in [9.17, 15) is 4.79 Å². The Morgan fingerprint density at radius 1 is 1.03 bits per heavy atom. The maximum absolute atomic E-state index is 13.5. The van der Waals surface area contributed by atoms with E-state index in [-0.39, 0.29) is 18.1 Å². The molecule has 4 heterocycles. The largest absolute Gasteiger partial charge is 0.497 e. The second-order valence-corrected chi connectivity index (χ2v) is 7.20. The highest BCUT2D eigenvalue weighted by molar-refractivity contribution is 5.97. The Bertz CT molecular complexity index is 1040. The third-order valence-electron chi connectivity index (χ3n) is 5.23. The molecule has 31 heavy (non-hydrogen) atoms. The van der Waals surface area contributed by atoms with Crippen molar-refractivity contribution >= 4 is 5.91 Å². The van der Waals surface area contributed by atoms with E-state index < -0.39 is 0 Å². The lowest BCUT2D eigenvalue weighted by Gasteiger charge is -2.38. The molecule has 1 saturated heterocycles. The predicted octanol–water partition coefficient (Wildman–Crippen LogP) is 2.15. The molecular formula is C21H24N6O4. The van der Waals surface area contributed by atoms with E-state index in [1.807, 2.05) is 6.92 Å². The van der Waals surface area contributed by atoms with Crippen molar-refractivity contribution in [1.82, 2.24) is 29.9 Å². The van der Waals surface area contributed by atoms with Crippen LogP contribution in [0.2, 0.25) is 0 Å². The highest BCUT2D eigenvalue weighted by Gasteiger charge is 2.33. The number of methoxy groups -OCH3 is 2. The molecule has 0 aromatic carbocycles. The lowest BCUT2D eigenvalue weighted by Crippen LogP contribution is -2.49. The number of likely N-dealkylation sites (tertiary alicyclic amines) is 1. The normalized spacial score (nSPS) is 18.5. The number of ether oxygens (including phenoxy) is 3. The van der Waals surface area contributed by atoms with E-state index in [0.717, 1.165) is 12.8 Å². The van der Waals surface area contributed by atoms with Crippen molar-refractivity contribution < 1.29 is 19.0 Å². The first-order chi connectivity index (χ1) is 15.1. The fraction of sp³-hybridized carbons (Fsp3) is 0.381. The average molecular weight is 424 g/mol. The van der Waals surface area contributed by atoms with Crippen molar-refractivity contribution in [2.24, 2.45) is 0 Å². The molecule has 0 aliphatic carbocycles. The molecule has 1 amide bonds. The Morgan fingerprint density at radius 2 is 1.84 bits per heavy atom. The van der Waals surface area contributed by atoms with Gasteiger partial charge < -0.3 is 19.1 Å². The summed E-state index contributed by atoms with van der Waals surface area (Å²) in [5.41, 5.74) is 0.393. The summed E-state index contributed by atoms with van der Waals surface area (Å²) in [6.07, 6.45) is 6.14. The van der Waals surface area contributed by atoms with Gasteiger partial charge in [-0.3, -0.25) is 4.79 Å². The molecule has 3 aromatic heterocycles. The monoisotopic (exact) mass is 424 g/mol. The summed E-state index contributed by atoms with van der Waals surface area (Å²) in [5.74, 6) is 1.67. The van der Waals surface area contributed by atoms with E-state index >= 15 is 0 Å². The van der Waals surface area contributed by atoms with Crippen molar-refractivity contribution in [3.63, 3.8) is 0 Å². The number of carbonyl (C=O) groups excluding carboxylic acids is 1. The van der Waals surface area contributed by atoms with Crippen LogP contribution >= 0.6 is 0 Å². The SMILES string of the molecule is COc1ccnc(O[C@@H]2CC[C@@H](C)N(C(=O)c3ccc(OC)nc3-n3nccn3)C2)c1. The molecular weight excluding hydrogens is 400 g/mol. The molecule has 10 nitrogen and oxygen atoms in total. The second kappa shape index (κ2) is 8.99. The summed E-state index contributed by atoms with van der Waals surface area (Å²) in [6, 6.07) is 6.88. The van der Waals surface area contributed by atoms with Crippen LogP contribution < -0.4 is 14.2 Å². The second-order valence-electron chi connectivity index (χ2n) is 7.20. The van der Waals surface area contributed by atoms with Gasteiger partial charge in [0.1, 0.15) is 11.9 Å². The van der Waals surface area contributed by atoms with Crippen molar-refractivity contribution in [3.05, 3.63) is 48.4 Å². The van der Waals surface area contributed by atoms with Gasteiger partial charge in [0, 0.05) is 24.4 Å². The standard InChI is InChI=1S/C21H24N6O4/c1-14-4-5-16(31-19-12-15(29-2)8-9-22-19)13-26(14)21(28)17-6-7-18(30-3)25-20(17)27-23-10-11-24-27/h6-12,14,16H,4-5,13H2,1-3H3/t14-,16-/m1/s1. The molecule has 4 rings (SSSR count). The lowest BCUT2D eigenvalue weighted by molar-refractivity contribution is 0.0371. The minimum atomic E-state index is -0.183. The quantitative estimate of drug-likeness (QED) is 0.593. The van der Waals surface area contributed by atoms with Crippen molar-refractivity contribution in [1.29, 1.82) is 0 Å². The van der Waals surface area contributed by atoms with Gasteiger partial charge in [-0.05, 0) is 31.9 Å². The van der Waals surface area contributed by atoms with Crippen molar-refractivity contribution in [3.8, 4) is 23.3 Å². The number of hydrogen-bond donors (Lipinski definition) is 0. The molecule has 1 fully saturated rings. The van der Waals surface area contributed by atoms with E-state index in [4.69, 9.17) is 14.2 Å². The zero-order chi connectivity index (χ0) is 21.8. The molecule has 2 atom stereocenters. The summed E-state index contributed by atoms with van der Waals surface area (Å²) >= 11 is 0. The van der Waals surface area contributed by atoms with Gasteiger partial charge in [-0.1, -0.05) is 0 Å². The topological polar surface area (TPSA) is 104 Å². The number of rotatable bonds is 6. The van der Waals surface area contributed by atoms with E-state index in [2.05, 4.69) is 20.2 Å². The molecule has 0 bridgehead atoms. The van der Waals surface area contributed by atoms with Crippen LogP contribution in [0.15, 0.2) is 42.9 Å². The third-order valence-corrected chi connectivity index (χ3v) is 5.23. The number of amides is 1. The molecule has 1 aliphatic heterocycles. The van der Waals surface area contributed by atoms with Crippen LogP contribution in [0, 0.1) is 0 Å². The zero-order valence-corrected chi connectivity index (χ0v) is 17.6. The summed E-state index contributed by atoms with van der Waals surface area (Å²) in [6.45, 7) is 2.46. The smallest absolute Gasteiger partial charge is 0.258 e. The van der Waals surface area contributed by atoms with E-state index in [1.165, 1.54) is 24.3 Å². The Labute approximate surface area is 179 Å². The van der Waals surface area contributed by atoms with Gasteiger partial charge in [-0.25, -0.2) is 4.98 Å². The number of hydrogen-bond acceptors (Lipinski definition) is 8. The zero-order valence-electron chi connectivity index (χ0n) is 17.6. The van der Waals surface area contributed by atoms with Crippen LogP contribution in [-0.2, 0) is 0 Å². The Balaban J connectivity index is 1.57. The first kappa shape index (κ1) is 20.6. The summed E-state index contributed by atoms with van der Waals surface area (Å²) in [7, 11) is 3.11.